The number of benzene rings is 1. The largest absolute Gasteiger partial charge is 0.480 e. The predicted octanol–water partition coefficient (Wildman–Crippen LogP) is 5.22. The van der Waals surface area contributed by atoms with Gasteiger partial charge in [-0.2, -0.15) is 8.78 Å². The molecule has 4 atom stereocenters. The number of fused-ring (bicyclic) bond motifs is 3. The van der Waals surface area contributed by atoms with Crippen LogP contribution in [0.5, 0.6) is 5.75 Å². The van der Waals surface area contributed by atoms with Crippen molar-refractivity contribution >= 4 is 27.5 Å². The monoisotopic (exact) mass is 649 g/mol. The maximum Gasteiger partial charge on any atom is 0.387 e. The van der Waals surface area contributed by atoms with E-state index in [0.29, 0.717) is 27.8 Å². The molecule has 6 rings (SSSR count). The quantitative estimate of drug-likeness (QED) is 0.246. The zero-order valence-electron chi connectivity index (χ0n) is 24.5. The molecule has 2 bridgehead atoms. The molecule has 0 radical (unpaired) electrons. The summed E-state index contributed by atoms with van der Waals surface area (Å²) in [6, 6.07) is 3.04. The van der Waals surface area contributed by atoms with E-state index < -0.39 is 53.9 Å². The number of carboxylic acids is 1. The van der Waals surface area contributed by atoms with Gasteiger partial charge in [-0.05, 0) is 70.2 Å². The number of nitrogens with zero attached hydrogens (tertiary/aromatic N) is 3. The van der Waals surface area contributed by atoms with Crippen LogP contribution in [0.1, 0.15) is 56.8 Å². The topological polar surface area (TPSA) is 135 Å². The molecule has 5 heterocycles. The van der Waals surface area contributed by atoms with Crippen LogP contribution in [-0.2, 0) is 26.4 Å². The number of aromatic nitrogens is 3. The fraction of sp³-hybridized carbons (Fsp3) is 0.467. The van der Waals surface area contributed by atoms with Crippen LogP contribution in [0.15, 0.2) is 44.7 Å². The fourth-order valence-electron chi connectivity index (χ4n) is 6.14. The third-order valence-corrected chi connectivity index (χ3v) is 9.71. The highest BCUT2D eigenvalue weighted by atomic mass is 32.1. The summed E-state index contributed by atoms with van der Waals surface area (Å²) >= 11 is 1.02. The molecule has 1 N–H and O–H groups in total. The Morgan fingerprint density at radius 2 is 1.93 bits per heavy atom. The summed E-state index contributed by atoms with van der Waals surface area (Å²) in [6.45, 7) is 0.437. The maximum absolute atomic E-state index is 14.7. The van der Waals surface area contributed by atoms with Crippen molar-refractivity contribution in [3.05, 3.63) is 68.4 Å². The minimum absolute atomic E-state index is 0.0493. The Bertz CT molecular complexity index is 1850. The lowest BCUT2D eigenvalue weighted by atomic mass is 10.0. The van der Waals surface area contributed by atoms with Crippen LogP contribution < -0.4 is 16.0 Å². The highest BCUT2D eigenvalue weighted by Gasteiger charge is 2.39. The van der Waals surface area contributed by atoms with Crippen LogP contribution in [0.4, 0.5) is 13.2 Å². The van der Waals surface area contributed by atoms with Gasteiger partial charge in [-0.3, -0.25) is 9.36 Å². The number of oxazole rings is 1. The third kappa shape index (κ3) is 5.68. The number of alkyl halides is 2. The summed E-state index contributed by atoms with van der Waals surface area (Å²) in [7, 11) is 0. The Hall–Kier alpha value is -3.95. The van der Waals surface area contributed by atoms with E-state index in [1.807, 2.05) is 0 Å². The van der Waals surface area contributed by atoms with E-state index in [1.54, 1.807) is 6.92 Å². The molecule has 11 nitrogen and oxygen atoms in total. The molecule has 2 aliphatic rings. The van der Waals surface area contributed by atoms with E-state index in [0.717, 1.165) is 42.4 Å². The van der Waals surface area contributed by atoms with Gasteiger partial charge in [-0.25, -0.2) is 23.5 Å². The van der Waals surface area contributed by atoms with Crippen molar-refractivity contribution < 1.29 is 41.7 Å². The minimum Gasteiger partial charge on any atom is -0.480 e. The second-order valence-corrected chi connectivity index (χ2v) is 12.7. The Morgan fingerprint density at radius 1 is 1.22 bits per heavy atom. The molecule has 15 heteroatoms. The van der Waals surface area contributed by atoms with Crippen LogP contribution in [-0.4, -0.2) is 50.1 Å². The number of rotatable bonds is 10. The second-order valence-electron chi connectivity index (χ2n) is 11.7. The standard InChI is InChI=1S/C30H30F3N3O8S/c1-14-22-25(37)36(30(2,3)27(38)39)29(40)35(26(22)45-23(14)24-34-8-9-41-24)13-21(43-18-11-16-5-6-17(12-18)42-16)19-10-15(31)4-7-20(19)44-28(32)33/h4,7-10,16-18,21,28H,5-6,11-13H2,1-3H3,(H,38,39)/t16-,17+,18?,21?. The zero-order valence-corrected chi connectivity index (χ0v) is 25.3. The summed E-state index contributed by atoms with van der Waals surface area (Å²) in [4.78, 5) is 45.1. The van der Waals surface area contributed by atoms with Gasteiger partial charge in [0.15, 0.2) is 0 Å². The Morgan fingerprint density at radius 3 is 2.56 bits per heavy atom. The van der Waals surface area contributed by atoms with Gasteiger partial charge in [-0.15, -0.1) is 11.3 Å². The van der Waals surface area contributed by atoms with Crippen molar-refractivity contribution in [2.24, 2.45) is 0 Å². The lowest BCUT2D eigenvalue weighted by molar-refractivity contribution is -0.146. The highest BCUT2D eigenvalue weighted by Crippen LogP contribution is 2.40. The van der Waals surface area contributed by atoms with Crippen molar-refractivity contribution in [1.29, 1.82) is 0 Å². The number of thiophene rings is 1. The van der Waals surface area contributed by atoms with Gasteiger partial charge < -0.3 is 23.7 Å². The van der Waals surface area contributed by atoms with Crippen molar-refractivity contribution in [3.8, 4) is 16.5 Å². The molecule has 0 saturated carbocycles. The molecule has 45 heavy (non-hydrogen) atoms. The summed E-state index contributed by atoms with van der Waals surface area (Å²) in [5.74, 6) is -2.35. The lowest BCUT2D eigenvalue weighted by Crippen LogP contribution is -2.52. The van der Waals surface area contributed by atoms with E-state index in [-0.39, 0.29) is 39.6 Å². The molecule has 240 valence electrons. The molecule has 4 aromatic rings. The van der Waals surface area contributed by atoms with Crippen LogP contribution in [0.3, 0.4) is 0 Å². The number of carbonyl (C=O) groups is 1. The molecule has 0 amide bonds. The number of halogens is 3. The number of carboxylic acid groups (broad SMARTS) is 1. The smallest absolute Gasteiger partial charge is 0.387 e. The number of hydrogen-bond acceptors (Lipinski definition) is 9. The summed E-state index contributed by atoms with van der Waals surface area (Å²) < 4.78 is 66.1. The molecule has 0 aliphatic carbocycles. The molecule has 0 spiro atoms. The lowest BCUT2D eigenvalue weighted by Gasteiger charge is -2.33. The Labute approximate surface area is 257 Å². The summed E-state index contributed by atoms with van der Waals surface area (Å²) in [5, 5.41) is 10.1. The van der Waals surface area contributed by atoms with Gasteiger partial charge in [0.25, 0.3) is 5.56 Å². The van der Waals surface area contributed by atoms with Crippen molar-refractivity contribution in [2.45, 2.75) is 89.6 Å². The summed E-state index contributed by atoms with van der Waals surface area (Å²) in [5.41, 5.74) is -3.48. The van der Waals surface area contributed by atoms with E-state index in [2.05, 4.69) is 4.98 Å². The molecule has 2 fully saturated rings. The zero-order chi connectivity index (χ0) is 32.2. The van der Waals surface area contributed by atoms with Gasteiger partial charge in [0.2, 0.25) is 5.89 Å². The van der Waals surface area contributed by atoms with Crippen LogP contribution in [0.2, 0.25) is 0 Å². The molecular formula is C30H30F3N3O8S. The first-order valence-electron chi connectivity index (χ1n) is 14.3. The molecular weight excluding hydrogens is 619 g/mol. The van der Waals surface area contributed by atoms with E-state index >= 15 is 0 Å². The normalized spacial score (nSPS) is 20.6. The van der Waals surface area contributed by atoms with Gasteiger partial charge in [0, 0.05) is 5.56 Å². The average molecular weight is 650 g/mol. The number of hydrogen-bond donors (Lipinski definition) is 1. The van der Waals surface area contributed by atoms with E-state index in [1.165, 1.54) is 30.9 Å². The first-order valence-corrected chi connectivity index (χ1v) is 15.1. The van der Waals surface area contributed by atoms with Gasteiger partial charge in [0.05, 0.1) is 41.3 Å². The van der Waals surface area contributed by atoms with E-state index in [9.17, 15) is 32.7 Å². The van der Waals surface area contributed by atoms with Crippen LogP contribution >= 0.6 is 11.3 Å². The Balaban J connectivity index is 1.57. The summed E-state index contributed by atoms with van der Waals surface area (Å²) in [6.07, 6.45) is 3.64. The van der Waals surface area contributed by atoms with E-state index in [4.69, 9.17) is 18.6 Å². The average Bonchev–Trinajstić information content (AvgIpc) is 3.70. The molecule has 2 saturated heterocycles. The highest BCUT2D eigenvalue weighted by molar-refractivity contribution is 7.22. The van der Waals surface area contributed by atoms with Crippen molar-refractivity contribution in [2.75, 3.05) is 0 Å². The second kappa shape index (κ2) is 11.8. The van der Waals surface area contributed by atoms with Crippen molar-refractivity contribution in [1.82, 2.24) is 14.1 Å². The third-order valence-electron chi connectivity index (χ3n) is 8.41. The molecule has 1 aromatic carbocycles. The molecule has 2 aliphatic heterocycles. The van der Waals surface area contributed by atoms with Gasteiger partial charge in [-0.1, -0.05) is 0 Å². The number of ether oxygens (including phenoxy) is 3. The first kappa shape index (κ1) is 31.0. The fourth-order valence-corrected chi connectivity index (χ4v) is 7.39. The van der Waals surface area contributed by atoms with Gasteiger partial charge in [0.1, 0.15) is 34.3 Å². The van der Waals surface area contributed by atoms with Gasteiger partial charge >= 0.3 is 18.3 Å². The maximum atomic E-state index is 14.7. The Kier molecular flexibility index (Phi) is 8.12. The predicted molar refractivity (Wildman–Crippen MR) is 155 cm³/mol. The van der Waals surface area contributed by atoms with Crippen molar-refractivity contribution in [3.63, 3.8) is 0 Å². The molecule has 2 unspecified atom stereocenters. The number of aliphatic carboxylic acids is 1. The SMILES string of the molecule is Cc1c(-c2ncco2)sc2c1c(=O)n(C(C)(C)C(=O)O)c(=O)n2CC(OC1C[C@H]2CC[C@@H](C1)O2)c1cc(F)ccc1OC(F)F. The number of aryl methyl sites for hydroxylation is 1. The molecule has 3 aromatic heterocycles. The van der Waals surface area contributed by atoms with Crippen LogP contribution in [0, 0.1) is 12.7 Å². The first-order chi connectivity index (χ1) is 21.3. The minimum atomic E-state index is -3.23. The van der Waals surface area contributed by atoms with Crippen LogP contribution in [0.25, 0.3) is 21.0 Å².